The first-order valence-corrected chi connectivity index (χ1v) is 6.15. The fourth-order valence-electron chi connectivity index (χ4n) is 1.17. The summed E-state index contributed by atoms with van der Waals surface area (Å²) in [4.78, 5) is 14.6. The normalized spacial score (nSPS) is 11.7. The van der Waals surface area contributed by atoms with Gasteiger partial charge in [0.25, 0.3) is 0 Å². The summed E-state index contributed by atoms with van der Waals surface area (Å²) >= 11 is 1.17. The molecule has 1 aromatic rings. The highest BCUT2D eigenvalue weighted by Gasteiger charge is 2.10. The molecule has 0 saturated heterocycles. The predicted molar refractivity (Wildman–Crippen MR) is 64.9 cm³/mol. The number of hydrogen-bond acceptors (Lipinski definition) is 4. The molecule has 1 rings (SSSR count). The van der Waals surface area contributed by atoms with E-state index in [0.717, 1.165) is 18.7 Å². The smallest absolute Gasteiger partial charge is 0.365 e. The molecule has 0 aromatic carbocycles. The van der Waals surface area contributed by atoms with E-state index in [1.54, 1.807) is 5.38 Å². The molecule has 2 N–H and O–H groups in total. The van der Waals surface area contributed by atoms with Gasteiger partial charge in [-0.1, -0.05) is 20.8 Å². The van der Waals surface area contributed by atoms with E-state index in [1.165, 1.54) is 11.3 Å². The number of carboxylic acids is 1. The number of carbonyl (C=O) groups is 1. The fourth-order valence-corrected chi connectivity index (χ4v) is 1.82. The van der Waals surface area contributed by atoms with Crippen molar-refractivity contribution in [2.45, 2.75) is 33.7 Å². The van der Waals surface area contributed by atoms with Gasteiger partial charge in [0.1, 0.15) is 0 Å². The molecule has 0 saturated carbocycles. The van der Waals surface area contributed by atoms with Gasteiger partial charge in [0, 0.05) is 11.9 Å². The molecule has 0 amide bonds. The van der Waals surface area contributed by atoms with Gasteiger partial charge in [-0.15, -0.1) is 11.3 Å². The van der Waals surface area contributed by atoms with Crippen molar-refractivity contribution in [3.8, 4) is 0 Å². The van der Waals surface area contributed by atoms with Crippen LogP contribution in [0.15, 0.2) is 5.38 Å². The number of aromatic nitrogens is 1. The monoisotopic (exact) mass is 242 g/mol. The van der Waals surface area contributed by atoms with Crippen molar-refractivity contribution in [2.75, 3.05) is 6.54 Å². The number of nitrogens with one attached hydrogen (secondary N) is 1. The standard InChI is InChI=1S/C11H18N2O2S/c1-11(2,3)4-5-12-6-8-7-16-9(13-8)10(14)15/h7,12H,4-6H2,1-3H3,(H,14,15). The van der Waals surface area contributed by atoms with Crippen LogP contribution in [0, 0.1) is 5.41 Å². The lowest BCUT2D eigenvalue weighted by atomic mass is 9.92. The second kappa shape index (κ2) is 5.41. The summed E-state index contributed by atoms with van der Waals surface area (Å²) < 4.78 is 0. The lowest BCUT2D eigenvalue weighted by Crippen LogP contribution is -2.20. The Labute approximate surface area is 99.7 Å². The van der Waals surface area contributed by atoms with Gasteiger partial charge in [0.05, 0.1) is 5.69 Å². The van der Waals surface area contributed by atoms with Crippen LogP contribution in [-0.4, -0.2) is 22.6 Å². The first-order chi connectivity index (χ1) is 7.38. The molecule has 0 aliphatic heterocycles. The van der Waals surface area contributed by atoms with Crippen LogP contribution >= 0.6 is 11.3 Å². The van der Waals surface area contributed by atoms with Crippen LogP contribution < -0.4 is 5.32 Å². The second-order valence-corrected chi connectivity index (χ2v) is 5.79. The van der Waals surface area contributed by atoms with Crippen LogP contribution in [0.5, 0.6) is 0 Å². The summed E-state index contributed by atoms with van der Waals surface area (Å²) in [5, 5.41) is 13.9. The summed E-state index contributed by atoms with van der Waals surface area (Å²) in [5.74, 6) is -0.953. The van der Waals surface area contributed by atoms with Crippen LogP contribution in [0.3, 0.4) is 0 Å². The average Bonchev–Trinajstić information content (AvgIpc) is 2.59. The molecule has 4 nitrogen and oxygen atoms in total. The highest BCUT2D eigenvalue weighted by atomic mass is 32.1. The summed E-state index contributed by atoms with van der Waals surface area (Å²) in [6.45, 7) is 8.14. The van der Waals surface area contributed by atoms with Crippen LogP contribution in [0.2, 0.25) is 0 Å². The van der Waals surface area contributed by atoms with Crippen molar-refractivity contribution in [1.82, 2.24) is 10.3 Å². The lowest BCUT2D eigenvalue weighted by Gasteiger charge is -2.17. The Morgan fingerprint density at radius 2 is 2.25 bits per heavy atom. The molecule has 0 radical (unpaired) electrons. The SMILES string of the molecule is CC(C)(C)CCNCc1csc(C(=O)O)n1. The molecule has 0 fully saturated rings. The third-order valence-corrected chi connectivity index (χ3v) is 2.97. The zero-order valence-corrected chi connectivity index (χ0v) is 10.7. The number of aromatic carboxylic acids is 1. The molecule has 0 bridgehead atoms. The number of nitrogens with zero attached hydrogens (tertiary/aromatic N) is 1. The third kappa shape index (κ3) is 4.72. The van der Waals surface area contributed by atoms with Crippen molar-refractivity contribution in [3.05, 3.63) is 16.1 Å². The molecule has 0 unspecified atom stereocenters. The molecule has 1 aromatic heterocycles. The summed E-state index contributed by atoms with van der Waals surface area (Å²) in [5.41, 5.74) is 1.12. The quantitative estimate of drug-likeness (QED) is 0.778. The van der Waals surface area contributed by atoms with Gasteiger partial charge < -0.3 is 10.4 Å². The van der Waals surface area contributed by atoms with Crippen LogP contribution in [0.1, 0.15) is 42.7 Å². The van der Waals surface area contributed by atoms with E-state index in [-0.39, 0.29) is 5.01 Å². The van der Waals surface area contributed by atoms with E-state index in [2.05, 4.69) is 31.1 Å². The van der Waals surface area contributed by atoms with Gasteiger partial charge in [0.2, 0.25) is 5.01 Å². The van der Waals surface area contributed by atoms with Crippen molar-refractivity contribution in [3.63, 3.8) is 0 Å². The zero-order chi connectivity index (χ0) is 12.2. The molecular weight excluding hydrogens is 224 g/mol. The number of thiazole rings is 1. The van der Waals surface area contributed by atoms with Crippen molar-refractivity contribution < 1.29 is 9.90 Å². The molecule has 1 heterocycles. The Hall–Kier alpha value is -0.940. The van der Waals surface area contributed by atoms with E-state index in [4.69, 9.17) is 5.11 Å². The number of hydrogen-bond donors (Lipinski definition) is 2. The van der Waals surface area contributed by atoms with E-state index >= 15 is 0 Å². The molecule has 0 spiro atoms. The highest BCUT2D eigenvalue weighted by Crippen LogP contribution is 2.17. The molecule has 0 aliphatic rings. The van der Waals surface area contributed by atoms with Crippen molar-refractivity contribution >= 4 is 17.3 Å². The van der Waals surface area contributed by atoms with E-state index < -0.39 is 5.97 Å². The van der Waals surface area contributed by atoms with Crippen LogP contribution in [0.25, 0.3) is 0 Å². The summed E-state index contributed by atoms with van der Waals surface area (Å²) in [6.07, 6.45) is 1.09. The minimum absolute atomic E-state index is 0.160. The number of carboxylic acid groups (broad SMARTS) is 1. The summed E-state index contributed by atoms with van der Waals surface area (Å²) in [7, 11) is 0. The third-order valence-electron chi connectivity index (χ3n) is 2.09. The topological polar surface area (TPSA) is 62.2 Å². The minimum Gasteiger partial charge on any atom is -0.476 e. The molecule has 0 atom stereocenters. The Kier molecular flexibility index (Phi) is 4.44. The first-order valence-electron chi connectivity index (χ1n) is 5.27. The van der Waals surface area contributed by atoms with E-state index in [9.17, 15) is 4.79 Å². The molecule has 0 aliphatic carbocycles. The van der Waals surface area contributed by atoms with Gasteiger partial charge in [0.15, 0.2) is 0 Å². The van der Waals surface area contributed by atoms with Gasteiger partial charge in [-0.05, 0) is 18.4 Å². The van der Waals surface area contributed by atoms with Gasteiger partial charge in [-0.2, -0.15) is 0 Å². The minimum atomic E-state index is -0.953. The Bertz CT molecular complexity index is 355. The van der Waals surface area contributed by atoms with Crippen molar-refractivity contribution in [2.24, 2.45) is 5.41 Å². The van der Waals surface area contributed by atoms with Crippen LogP contribution in [-0.2, 0) is 6.54 Å². The zero-order valence-electron chi connectivity index (χ0n) is 9.91. The molecular formula is C11H18N2O2S. The molecule has 90 valence electrons. The van der Waals surface area contributed by atoms with Gasteiger partial charge >= 0.3 is 5.97 Å². The summed E-state index contributed by atoms with van der Waals surface area (Å²) in [6, 6.07) is 0. The first kappa shape index (κ1) is 13.1. The lowest BCUT2D eigenvalue weighted by molar-refractivity contribution is 0.0696. The van der Waals surface area contributed by atoms with Gasteiger partial charge in [-0.25, -0.2) is 9.78 Å². The fraction of sp³-hybridized carbons (Fsp3) is 0.636. The Morgan fingerprint density at radius 3 is 2.75 bits per heavy atom. The molecule has 5 heteroatoms. The maximum Gasteiger partial charge on any atom is 0.365 e. The van der Waals surface area contributed by atoms with E-state index in [0.29, 0.717) is 12.0 Å². The van der Waals surface area contributed by atoms with Crippen molar-refractivity contribution in [1.29, 1.82) is 0 Å². The Morgan fingerprint density at radius 1 is 1.56 bits per heavy atom. The van der Waals surface area contributed by atoms with E-state index in [1.807, 2.05) is 0 Å². The second-order valence-electron chi connectivity index (χ2n) is 4.94. The maximum absolute atomic E-state index is 10.6. The predicted octanol–water partition coefficient (Wildman–Crippen LogP) is 2.37. The maximum atomic E-state index is 10.6. The average molecular weight is 242 g/mol. The van der Waals surface area contributed by atoms with Gasteiger partial charge in [-0.3, -0.25) is 0 Å². The largest absolute Gasteiger partial charge is 0.476 e. The van der Waals surface area contributed by atoms with Crippen LogP contribution in [0.4, 0.5) is 0 Å². The number of rotatable bonds is 5. The Balaban J connectivity index is 2.30. The molecule has 16 heavy (non-hydrogen) atoms. The highest BCUT2D eigenvalue weighted by molar-refractivity contribution is 7.11.